The van der Waals surface area contributed by atoms with Crippen molar-refractivity contribution in [1.29, 1.82) is 5.26 Å². The standard InChI is InChI=1S/C33H41FN4O4/c34-28-8-4-7-26(17-28)30-22-38(31(32(39)40)25-5-2-1-3-6-25)21-27(30)20-37-15-13-29(14-16-37)42-33(41)36-19-24-11-9-23(18-35)10-12-24/h4,7-12,17,25,27,29-31H,1-3,5-6,13-16,19-22H2,(H,36,41)(H,39,40). The highest BCUT2D eigenvalue weighted by Gasteiger charge is 2.43. The van der Waals surface area contributed by atoms with Gasteiger partial charge in [0.25, 0.3) is 0 Å². The number of nitriles is 1. The summed E-state index contributed by atoms with van der Waals surface area (Å²) in [6.07, 6.45) is 6.11. The number of piperidine rings is 1. The van der Waals surface area contributed by atoms with Gasteiger partial charge in [-0.2, -0.15) is 5.26 Å². The van der Waals surface area contributed by atoms with Crippen molar-refractivity contribution in [2.24, 2.45) is 11.8 Å². The molecule has 0 aromatic heterocycles. The molecule has 2 aliphatic heterocycles. The molecule has 0 radical (unpaired) electrons. The summed E-state index contributed by atoms with van der Waals surface area (Å²) >= 11 is 0. The number of halogens is 1. The number of likely N-dealkylation sites (tertiary alicyclic amines) is 2. The molecule has 2 heterocycles. The first-order chi connectivity index (χ1) is 20.4. The van der Waals surface area contributed by atoms with Crippen molar-refractivity contribution in [3.05, 3.63) is 71.0 Å². The summed E-state index contributed by atoms with van der Waals surface area (Å²) in [5.41, 5.74) is 2.41. The number of nitrogens with zero attached hydrogens (tertiary/aromatic N) is 3. The van der Waals surface area contributed by atoms with Crippen LogP contribution in [0.2, 0.25) is 0 Å². The van der Waals surface area contributed by atoms with Gasteiger partial charge in [-0.15, -0.1) is 0 Å². The Kier molecular flexibility index (Phi) is 10.1. The molecule has 3 aliphatic rings. The highest BCUT2D eigenvalue weighted by molar-refractivity contribution is 5.74. The van der Waals surface area contributed by atoms with Crippen molar-refractivity contribution in [3.8, 4) is 6.07 Å². The minimum absolute atomic E-state index is 0.0631. The minimum atomic E-state index is -0.740. The van der Waals surface area contributed by atoms with E-state index < -0.39 is 18.1 Å². The number of carboxylic acids is 1. The molecule has 42 heavy (non-hydrogen) atoms. The van der Waals surface area contributed by atoms with Gasteiger partial charge in [-0.3, -0.25) is 9.69 Å². The van der Waals surface area contributed by atoms with Crippen LogP contribution in [-0.4, -0.2) is 71.8 Å². The molecule has 3 unspecified atom stereocenters. The average molecular weight is 577 g/mol. The van der Waals surface area contributed by atoms with Crippen molar-refractivity contribution >= 4 is 12.1 Å². The van der Waals surface area contributed by atoms with Crippen LogP contribution in [0, 0.1) is 29.0 Å². The first kappa shape index (κ1) is 30.0. The zero-order valence-corrected chi connectivity index (χ0v) is 24.1. The number of alkyl carbamates (subject to hydrolysis) is 1. The predicted molar refractivity (Wildman–Crippen MR) is 156 cm³/mol. The Morgan fingerprint density at radius 1 is 1.05 bits per heavy atom. The summed E-state index contributed by atoms with van der Waals surface area (Å²) in [5.74, 6) is -0.587. The lowest BCUT2D eigenvalue weighted by Gasteiger charge is -2.35. The fourth-order valence-electron chi connectivity index (χ4n) is 7.14. The lowest BCUT2D eigenvalue weighted by atomic mass is 9.83. The molecule has 0 bridgehead atoms. The maximum atomic E-state index is 14.2. The second-order valence-electron chi connectivity index (χ2n) is 12.1. The summed E-state index contributed by atoms with van der Waals surface area (Å²) in [6.45, 7) is 4.01. The topological polar surface area (TPSA) is 106 Å². The predicted octanol–water partition coefficient (Wildman–Crippen LogP) is 5.14. The maximum Gasteiger partial charge on any atom is 0.407 e. The van der Waals surface area contributed by atoms with Crippen molar-refractivity contribution in [2.75, 3.05) is 32.7 Å². The molecule has 9 heteroatoms. The van der Waals surface area contributed by atoms with Gasteiger partial charge < -0.3 is 20.1 Å². The van der Waals surface area contributed by atoms with Gasteiger partial charge in [0, 0.05) is 45.2 Å². The van der Waals surface area contributed by atoms with Crippen LogP contribution in [0.5, 0.6) is 0 Å². The van der Waals surface area contributed by atoms with Gasteiger partial charge in [-0.1, -0.05) is 43.5 Å². The molecule has 1 amide bonds. The smallest absolute Gasteiger partial charge is 0.407 e. The fraction of sp³-hybridized carbons (Fsp3) is 0.545. The number of amides is 1. The number of nitrogens with one attached hydrogen (secondary N) is 1. The fourth-order valence-corrected chi connectivity index (χ4v) is 7.14. The number of benzene rings is 2. The normalized spacial score (nSPS) is 23.2. The highest BCUT2D eigenvalue weighted by Crippen LogP contribution is 2.38. The third-order valence-corrected chi connectivity index (χ3v) is 9.31. The van der Waals surface area contributed by atoms with E-state index in [1.165, 1.54) is 12.5 Å². The van der Waals surface area contributed by atoms with E-state index >= 15 is 0 Å². The Balaban J connectivity index is 1.16. The van der Waals surface area contributed by atoms with Gasteiger partial charge in [-0.25, -0.2) is 9.18 Å². The minimum Gasteiger partial charge on any atom is -0.480 e. The second-order valence-corrected chi connectivity index (χ2v) is 12.1. The van der Waals surface area contributed by atoms with E-state index in [4.69, 9.17) is 10.00 Å². The van der Waals surface area contributed by atoms with E-state index in [2.05, 4.69) is 21.2 Å². The van der Waals surface area contributed by atoms with Crippen LogP contribution in [0.1, 0.15) is 67.6 Å². The molecule has 1 saturated carbocycles. The first-order valence-electron chi connectivity index (χ1n) is 15.3. The number of carbonyl (C=O) groups is 2. The zero-order chi connectivity index (χ0) is 29.5. The van der Waals surface area contributed by atoms with Crippen molar-refractivity contribution < 1.29 is 23.8 Å². The van der Waals surface area contributed by atoms with E-state index in [0.29, 0.717) is 25.2 Å². The van der Waals surface area contributed by atoms with E-state index in [0.717, 1.165) is 69.3 Å². The molecular weight excluding hydrogens is 535 g/mol. The summed E-state index contributed by atoms with van der Waals surface area (Å²) in [7, 11) is 0. The molecule has 224 valence electrons. The molecule has 2 aromatic rings. The lowest BCUT2D eigenvalue weighted by molar-refractivity contribution is -0.145. The van der Waals surface area contributed by atoms with Crippen molar-refractivity contribution in [3.63, 3.8) is 0 Å². The van der Waals surface area contributed by atoms with Crippen LogP contribution in [-0.2, 0) is 16.1 Å². The van der Waals surface area contributed by atoms with E-state index in [1.807, 2.05) is 18.2 Å². The zero-order valence-electron chi connectivity index (χ0n) is 24.1. The van der Waals surface area contributed by atoms with Crippen LogP contribution in [0.4, 0.5) is 9.18 Å². The Bertz CT molecular complexity index is 1250. The Hall–Kier alpha value is -3.48. The number of hydrogen-bond donors (Lipinski definition) is 2. The van der Waals surface area contributed by atoms with Crippen LogP contribution in [0.25, 0.3) is 0 Å². The number of aliphatic carboxylic acids is 1. The quantitative estimate of drug-likeness (QED) is 0.426. The van der Waals surface area contributed by atoms with Crippen molar-refractivity contribution in [1.82, 2.24) is 15.1 Å². The molecule has 0 spiro atoms. The van der Waals surface area contributed by atoms with Gasteiger partial charge in [0.1, 0.15) is 18.0 Å². The van der Waals surface area contributed by atoms with Crippen LogP contribution in [0.3, 0.4) is 0 Å². The highest BCUT2D eigenvalue weighted by atomic mass is 19.1. The Morgan fingerprint density at radius 2 is 1.79 bits per heavy atom. The Morgan fingerprint density at radius 3 is 2.45 bits per heavy atom. The number of rotatable bonds is 9. The molecule has 2 saturated heterocycles. The Labute approximate surface area is 247 Å². The molecule has 2 aromatic carbocycles. The third kappa shape index (κ3) is 7.67. The molecule has 3 atom stereocenters. The van der Waals surface area contributed by atoms with Gasteiger partial charge in [0.15, 0.2) is 0 Å². The maximum absolute atomic E-state index is 14.2. The molecule has 1 aliphatic carbocycles. The monoisotopic (exact) mass is 576 g/mol. The molecule has 2 N–H and O–H groups in total. The van der Waals surface area contributed by atoms with Gasteiger partial charge in [0.2, 0.25) is 0 Å². The van der Waals surface area contributed by atoms with Crippen LogP contribution >= 0.6 is 0 Å². The molecule has 3 fully saturated rings. The van der Waals surface area contributed by atoms with Crippen LogP contribution < -0.4 is 5.32 Å². The van der Waals surface area contributed by atoms with Crippen LogP contribution in [0.15, 0.2) is 48.5 Å². The summed E-state index contributed by atoms with van der Waals surface area (Å²) < 4.78 is 19.9. The third-order valence-electron chi connectivity index (χ3n) is 9.31. The van der Waals surface area contributed by atoms with E-state index in [1.54, 1.807) is 24.3 Å². The summed E-state index contributed by atoms with van der Waals surface area (Å²) in [6, 6.07) is 15.4. The molecule has 8 nitrogen and oxygen atoms in total. The second kappa shape index (κ2) is 14.1. The molecule has 5 rings (SSSR count). The number of ether oxygens (including phenoxy) is 1. The first-order valence-corrected chi connectivity index (χ1v) is 15.3. The van der Waals surface area contributed by atoms with Gasteiger partial charge in [0.05, 0.1) is 11.6 Å². The number of carboxylic acid groups (broad SMARTS) is 1. The van der Waals surface area contributed by atoms with E-state index in [-0.39, 0.29) is 29.7 Å². The lowest BCUT2D eigenvalue weighted by Crippen LogP contribution is -2.46. The largest absolute Gasteiger partial charge is 0.480 e. The van der Waals surface area contributed by atoms with Crippen molar-refractivity contribution in [2.45, 2.75) is 69.6 Å². The summed E-state index contributed by atoms with van der Waals surface area (Å²) in [5, 5.41) is 22.0. The van der Waals surface area contributed by atoms with Gasteiger partial charge >= 0.3 is 12.1 Å². The summed E-state index contributed by atoms with van der Waals surface area (Å²) in [4.78, 5) is 29.4. The number of carbonyl (C=O) groups excluding carboxylic acids is 1. The SMILES string of the molecule is N#Cc1ccc(CNC(=O)OC2CCN(CC3CN(C(C(=O)O)C4CCCCC4)CC3c3cccc(F)c3)CC2)cc1. The van der Waals surface area contributed by atoms with E-state index in [9.17, 15) is 19.1 Å². The number of hydrogen-bond acceptors (Lipinski definition) is 6. The van der Waals surface area contributed by atoms with Gasteiger partial charge in [-0.05, 0) is 72.9 Å². The molecular formula is C33H41FN4O4. The average Bonchev–Trinajstić information content (AvgIpc) is 3.40.